The van der Waals surface area contributed by atoms with Crippen molar-refractivity contribution in [2.75, 3.05) is 11.9 Å². The van der Waals surface area contributed by atoms with Crippen LogP contribution in [0, 0.1) is 0 Å². The predicted octanol–water partition coefficient (Wildman–Crippen LogP) is 4.02. The number of amides is 1. The highest BCUT2D eigenvalue weighted by atomic mass is 35.5. The maximum Gasteiger partial charge on any atom is 0.243 e. The molecule has 2 heterocycles. The summed E-state index contributed by atoms with van der Waals surface area (Å²) in [4.78, 5) is 16.7. The first-order valence-corrected chi connectivity index (χ1v) is 8.45. The van der Waals surface area contributed by atoms with Crippen LogP contribution >= 0.6 is 23.7 Å². The van der Waals surface area contributed by atoms with Crippen molar-refractivity contribution in [1.29, 1.82) is 0 Å². The summed E-state index contributed by atoms with van der Waals surface area (Å²) in [5.41, 5.74) is 2.03. The normalized spacial score (nSPS) is 19.0. The summed E-state index contributed by atoms with van der Waals surface area (Å²) in [6, 6.07) is -0.0766. The van der Waals surface area contributed by atoms with Crippen LogP contribution in [0.4, 0.5) is 5.13 Å². The first kappa shape index (κ1) is 18.9. The third-order valence-electron chi connectivity index (χ3n) is 3.43. The Kier molecular flexibility index (Phi) is 8.38. The van der Waals surface area contributed by atoms with Crippen LogP contribution in [-0.4, -0.2) is 23.5 Å². The highest BCUT2D eigenvalue weighted by Gasteiger charge is 2.21. The minimum atomic E-state index is -0.0766. The number of anilines is 1. The fraction of sp³-hybridized carbons (Fsp3) is 0.500. The maximum absolute atomic E-state index is 12.2. The molecule has 122 valence electrons. The molecule has 0 saturated carbocycles. The van der Waals surface area contributed by atoms with E-state index in [1.165, 1.54) is 11.3 Å². The lowest BCUT2D eigenvalue weighted by Crippen LogP contribution is -2.43. The molecule has 0 radical (unpaired) electrons. The highest BCUT2D eigenvalue weighted by Crippen LogP contribution is 2.23. The molecule has 0 spiro atoms. The zero-order valence-electron chi connectivity index (χ0n) is 13.1. The van der Waals surface area contributed by atoms with E-state index in [0.717, 1.165) is 43.5 Å². The van der Waals surface area contributed by atoms with Gasteiger partial charge in [0.1, 0.15) is 0 Å². The van der Waals surface area contributed by atoms with Gasteiger partial charge in [0.15, 0.2) is 5.13 Å². The molecule has 2 rings (SSSR count). The van der Waals surface area contributed by atoms with Crippen molar-refractivity contribution in [2.45, 2.75) is 45.6 Å². The number of nitrogens with one attached hydrogen (secondary N) is 2. The van der Waals surface area contributed by atoms with Gasteiger partial charge in [0.2, 0.25) is 5.91 Å². The van der Waals surface area contributed by atoms with Gasteiger partial charge >= 0.3 is 0 Å². The lowest BCUT2D eigenvalue weighted by Gasteiger charge is -2.21. The number of carbonyl (C=O) groups excluding carboxylic acids is 1. The van der Waals surface area contributed by atoms with Gasteiger partial charge < -0.3 is 10.6 Å². The van der Waals surface area contributed by atoms with Gasteiger partial charge in [-0.15, -0.1) is 23.7 Å². The molecular formula is C16H24ClN3OS. The van der Waals surface area contributed by atoms with E-state index in [1.807, 2.05) is 24.5 Å². The van der Waals surface area contributed by atoms with Crippen molar-refractivity contribution in [2.24, 2.45) is 0 Å². The summed E-state index contributed by atoms with van der Waals surface area (Å²) in [6.45, 7) is 5.02. The molecule has 4 nitrogen and oxygen atoms in total. The number of aromatic nitrogens is 1. The number of thiazole rings is 1. The Bertz CT molecular complexity index is 533. The second kappa shape index (κ2) is 9.77. The third kappa shape index (κ3) is 5.23. The average Bonchev–Trinajstić information content (AvgIpc) is 2.96. The van der Waals surface area contributed by atoms with Crippen molar-refractivity contribution >= 4 is 40.4 Å². The van der Waals surface area contributed by atoms with Gasteiger partial charge in [-0.2, -0.15) is 0 Å². The van der Waals surface area contributed by atoms with Gasteiger partial charge in [-0.3, -0.25) is 4.79 Å². The van der Waals surface area contributed by atoms with E-state index in [-0.39, 0.29) is 24.4 Å². The van der Waals surface area contributed by atoms with E-state index in [4.69, 9.17) is 0 Å². The van der Waals surface area contributed by atoms with Crippen LogP contribution in [-0.2, 0) is 4.79 Å². The minimum absolute atomic E-state index is 0. The van der Waals surface area contributed by atoms with Gasteiger partial charge in [0.05, 0.1) is 11.7 Å². The molecule has 1 aromatic heterocycles. The Morgan fingerprint density at radius 1 is 1.55 bits per heavy atom. The van der Waals surface area contributed by atoms with Crippen LogP contribution in [0.3, 0.4) is 0 Å². The number of hydrogen-bond donors (Lipinski definition) is 2. The summed E-state index contributed by atoms with van der Waals surface area (Å²) >= 11 is 1.48. The minimum Gasteiger partial charge on any atom is -0.306 e. The lowest BCUT2D eigenvalue weighted by molar-refractivity contribution is -0.118. The maximum atomic E-state index is 12.2. The van der Waals surface area contributed by atoms with Crippen LogP contribution in [0.15, 0.2) is 23.6 Å². The summed E-state index contributed by atoms with van der Waals surface area (Å²) in [7, 11) is 0. The van der Waals surface area contributed by atoms with Crippen LogP contribution in [0.25, 0.3) is 5.57 Å². The molecule has 0 bridgehead atoms. The number of hydrogen-bond acceptors (Lipinski definition) is 4. The summed E-state index contributed by atoms with van der Waals surface area (Å²) in [5, 5.41) is 8.84. The van der Waals surface area contributed by atoms with Gasteiger partial charge in [-0.1, -0.05) is 31.6 Å². The quantitative estimate of drug-likeness (QED) is 0.795. The highest BCUT2D eigenvalue weighted by molar-refractivity contribution is 7.14. The second-order valence-electron chi connectivity index (χ2n) is 5.10. The summed E-state index contributed by atoms with van der Waals surface area (Å²) in [6.07, 6.45) is 10.3. The molecule has 6 heteroatoms. The van der Waals surface area contributed by atoms with Crippen molar-refractivity contribution in [3.05, 3.63) is 29.3 Å². The molecular weight excluding hydrogens is 318 g/mol. The number of carbonyl (C=O) groups is 1. The standard InChI is InChI=1S/C16H23N3OS.ClH/c1-3-7-12(8-4-2)14-11-21-16(18-14)19-15(20)13-9-5-6-10-17-13;/h3,7-8,11,13,17H,4-6,9-10H2,1-2H3,(H,18,19,20);1H/b7-3-,12-8+;. The van der Waals surface area contributed by atoms with E-state index < -0.39 is 0 Å². The van der Waals surface area contributed by atoms with Gasteiger partial charge in [0, 0.05) is 5.38 Å². The van der Waals surface area contributed by atoms with Gasteiger partial charge in [-0.05, 0) is 38.3 Å². The topological polar surface area (TPSA) is 54.0 Å². The average molecular weight is 342 g/mol. The molecule has 1 unspecified atom stereocenters. The third-order valence-corrected chi connectivity index (χ3v) is 4.18. The smallest absolute Gasteiger partial charge is 0.243 e. The summed E-state index contributed by atoms with van der Waals surface area (Å²) < 4.78 is 0. The first-order chi connectivity index (χ1) is 10.2. The molecule has 1 aliphatic heterocycles. The lowest BCUT2D eigenvalue weighted by atomic mass is 10.0. The number of nitrogens with zero attached hydrogens (tertiary/aromatic N) is 1. The Labute approximate surface area is 142 Å². The number of allylic oxidation sites excluding steroid dienone is 4. The molecule has 1 amide bonds. The van der Waals surface area contributed by atoms with Crippen LogP contribution in [0.1, 0.15) is 45.2 Å². The molecule has 1 aromatic rings. The molecule has 0 aromatic carbocycles. The number of rotatable bonds is 5. The molecule has 1 saturated heterocycles. The molecule has 0 aliphatic carbocycles. The van der Waals surface area contributed by atoms with E-state index in [1.54, 1.807) is 0 Å². The molecule has 22 heavy (non-hydrogen) atoms. The Balaban J connectivity index is 0.00000242. The molecule has 1 atom stereocenters. The first-order valence-electron chi connectivity index (χ1n) is 7.57. The zero-order valence-corrected chi connectivity index (χ0v) is 14.7. The van der Waals surface area contributed by atoms with E-state index in [9.17, 15) is 4.79 Å². The number of piperidine rings is 1. The Morgan fingerprint density at radius 2 is 2.36 bits per heavy atom. The zero-order chi connectivity index (χ0) is 15.1. The van der Waals surface area contributed by atoms with E-state index in [2.05, 4.69) is 28.6 Å². The monoisotopic (exact) mass is 341 g/mol. The van der Waals surface area contributed by atoms with E-state index >= 15 is 0 Å². The van der Waals surface area contributed by atoms with Crippen molar-refractivity contribution in [3.8, 4) is 0 Å². The van der Waals surface area contributed by atoms with Crippen LogP contribution in [0.2, 0.25) is 0 Å². The van der Waals surface area contributed by atoms with Gasteiger partial charge in [-0.25, -0.2) is 4.98 Å². The van der Waals surface area contributed by atoms with Gasteiger partial charge in [0.25, 0.3) is 0 Å². The van der Waals surface area contributed by atoms with Crippen molar-refractivity contribution in [1.82, 2.24) is 10.3 Å². The second-order valence-corrected chi connectivity index (χ2v) is 5.96. The fourth-order valence-electron chi connectivity index (χ4n) is 2.39. The Hall–Kier alpha value is -1.17. The Morgan fingerprint density at radius 3 is 3.00 bits per heavy atom. The SMILES string of the molecule is C/C=C\C(=C/CC)c1csc(NC(=O)C2CCCCN2)n1.Cl. The van der Waals surface area contributed by atoms with Crippen LogP contribution < -0.4 is 10.6 Å². The van der Waals surface area contributed by atoms with E-state index in [0.29, 0.717) is 5.13 Å². The summed E-state index contributed by atoms with van der Waals surface area (Å²) in [5.74, 6) is 0.0302. The molecule has 1 aliphatic rings. The fourth-order valence-corrected chi connectivity index (χ4v) is 3.11. The molecule has 2 N–H and O–H groups in total. The van der Waals surface area contributed by atoms with Crippen molar-refractivity contribution < 1.29 is 4.79 Å². The largest absolute Gasteiger partial charge is 0.306 e. The van der Waals surface area contributed by atoms with Crippen LogP contribution in [0.5, 0.6) is 0 Å². The molecule has 1 fully saturated rings. The number of halogens is 1. The van der Waals surface area contributed by atoms with Crippen molar-refractivity contribution in [3.63, 3.8) is 0 Å². The predicted molar refractivity (Wildman–Crippen MR) is 96.7 cm³/mol.